The Morgan fingerprint density at radius 2 is 1.86 bits per heavy atom. The molecule has 0 amide bonds. The zero-order valence-electron chi connectivity index (χ0n) is 23.7. The second-order valence-corrected chi connectivity index (χ2v) is 16.9. The lowest BCUT2D eigenvalue weighted by molar-refractivity contribution is -0.142. The molecule has 2 heterocycles. The highest BCUT2D eigenvalue weighted by Crippen LogP contribution is 2.44. The van der Waals surface area contributed by atoms with Crippen molar-refractivity contribution in [2.45, 2.75) is 109 Å². The van der Waals surface area contributed by atoms with Gasteiger partial charge in [0.05, 0.1) is 18.1 Å². The Hall–Kier alpha value is -2.06. The van der Waals surface area contributed by atoms with Crippen molar-refractivity contribution in [1.82, 2.24) is 0 Å². The third-order valence-corrected chi connectivity index (χ3v) is 12.5. The Balaban J connectivity index is 1.99. The third-order valence-electron chi connectivity index (χ3n) is 7.97. The monoisotopic (exact) mass is 528 g/mol. The Bertz CT molecular complexity index is 1010. The first-order chi connectivity index (χ1) is 17.3. The predicted molar refractivity (Wildman–Crippen MR) is 147 cm³/mol. The summed E-state index contributed by atoms with van der Waals surface area (Å²) >= 11 is 0. The summed E-state index contributed by atoms with van der Waals surface area (Å²) in [6, 6.07) is 9.95. The first kappa shape index (κ1) is 29.5. The van der Waals surface area contributed by atoms with E-state index >= 15 is 0 Å². The first-order valence-corrected chi connectivity index (χ1v) is 16.2. The molecule has 1 aromatic rings. The highest BCUT2D eigenvalue weighted by molar-refractivity contribution is 6.74. The molecule has 1 saturated heterocycles. The molecule has 0 saturated carbocycles. The zero-order valence-corrected chi connectivity index (χ0v) is 24.7. The van der Waals surface area contributed by atoms with Crippen molar-refractivity contribution in [3.8, 4) is 0 Å². The van der Waals surface area contributed by atoms with E-state index in [0.717, 1.165) is 17.4 Å². The van der Waals surface area contributed by atoms with Crippen molar-refractivity contribution in [2.24, 2.45) is 5.92 Å². The molecule has 0 spiro atoms. The van der Waals surface area contributed by atoms with E-state index in [1.807, 2.05) is 56.3 Å². The number of allylic oxidation sites excluding steroid dienone is 2. The summed E-state index contributed by atoms with van der Waals surface area (Å²) in [5.74, 6) is -0.0378. The molecule has 6 nitrogen and oxygen atoms in total. The van der Waals surface area contributed by atoms with Crippen LogP contribution in [0.25, 0.3) is 0 Å². The summed E-state index contributed by atoms with van der Waals surface area (Å²) in [5.41, 5.74) is 1.11. The molecule has 0 N–H and O–H groups in total. The van der Waals surface area contributed by atoms with Gasteiger partial charge >= 0.3 is 5.97 Å². The molecule has 2 aliphatic heterocycles. The SMILES string of the molecule is CC(CC=O)=C1OC(=O)CC(O[Si](C)(C)C(C)(C)C)CC[C@@]2(C)O[C@@H](c3ccccc3)O[C@H]2C=C[C@@H]1C. The number of carbonyl (C=O) groups excluding carboxylic acids is 2. The van der Waals surface area contributed by atoms with Crippen molar-refractivity contribution in [2.75, 3.05) is 0 Å². The fraction of sp³-hybridized carbons (Fsp3) is 0.600. The summed E-state index contributed by atoms with van der Waals surface area (Å²) in [5, 5.41) is 0.00126. The van der Waals surface area contributed by atoms with Gasteiger partial charge in [-0.25, -0.2) is 0 Å². The first-order valence-electron chi connectivity index (χ1n) is 13.3. The molecule has 3 rings (SSSR count). The number of ether oxygens (including phenoxy) is 3. The molecule has 2 aliphatic rings. The number of benzene rings is 1. The van der Waals surface area contributed by atoms with Crippen LogP contribution in [0.1, 0.15) is 79.1 Å². The Labute approximate surface area is 223 Å². The lowest BCUT2D eigenvalue weighted by Gasteiger charge is -2.40. The Kier molecular flexibility index (Phi) is 9.38. The van der Waals surface area contributed by atoms with Crippen LogP contribution in [0.15, 0.2) is 53.8 Å². The van der Waals surface area contributed by atoms with Crippen LogP contribution < -0.4 is 0 Å². The zero-order chi connectivity index (χ0) is 27.4. The van der Waals surface area contributed by atoms with Crippen LogP contribution in [-0.4, -0.2) is 38.4 Å². The number of rotatable bonds is 5. The summed E-state index contributed by atoms with van der Waals surface area (Å²) in [6.45, 7) is 16.9. The summed E-state index contributed by atoms with van der Waals surface area (Å²) in [7, 11) is -2.15. The van der Waals surface area contributed by atoms with E-state index in [1.165, 1.54) is 0 Å². The number of hydrogen-bond donors (Lipinski definition) is 0. The van der Waals surface area contributed by atoms with Crippen molar-refractivity contribution in [3.63, 3.8) is 0 Å². The minimum absolute atomic E-state index is 0.00126. The Morgan fingerprint density at radius 1 is 1.19 bits per heavy atom. The van der Waals surface area contributed by atoms with Gasteiger partial charge < -0.3 is 23.4 Å². The highest BCUT2D eigenvalue weighted by Gasteiger charge is 2.47. The molecule has 0 aliphatic carbocycles. The van der Waals surface area contributed by atoms with E-state index in [0.29, 0.717) is 18.6 Å². The fourth-order valence-electron chi connectivity index (χ4n) is 4.57. The van der Waals surface area contributed by atoms with Crippen molar-refractivity contribution < 1.29 is 28.2 Å². The lowest BCUT2D eigenvalue weighted by Crippen LogP contribution is -2.45. The molecule has 0 aromatic heterocycles. The van der Waals surface area contributed by atoms with Gasteiger partial charge in [0.1, 0.15) is 18.1 Å². The van der Waals surface area contributed by atoms with Crippen LogP contribution in [0.2, 0.25) is 18.1 Å². The number of carbonyl (C=O) groups is 2. The van der Waals surface area contributed by atoms with E-state index < -0.39 is 20.2 Å². The van der Waals surface area contributed by atoms with Gasteiger partial charge in [0.25, 0.3) is 0 Å². The molecule has 204 valence electrons. The predicted octanol–water partition coefficient (Wildman–Crippen LogP) is 7.03. The van der Waals surface area contributed by atoms with Gasteiger partial charge in [0.15, 0.2) is 14.6 Å². The maximum absolute atomic E-state index is 13.2. The second kappa shape index (κ2) is 11.8. The van der Waals surface area contributed by atoms with Crippen LogP contribution in [0.3, 0.4) is 0 Å². The molecular weight excluding hydrogens is 484 g/mol. The van der Waals surface area contributed by atoms with Gasteiger partial charge in [-0.15, -0.1) is 0 Å². The van der Waals surface area contributed by atoms with Crippen molar-refractivity contribution in [3.05, 3.63) is 59.4 Å². The quantitative estimate of drug-likeness (QED) is 0.177. The van der Waals surface area contributed by atoms with Gasteiger partial charge in [-0.1, -0.05) is 70.2 Å². The molecule has 1 aromatic carbocycles. The molecule has 37 heavy (non-hydrogen) atoms. The largest absolute Gasteiger partial charge is 0.430 e. The van der Waals surface area contributed by atoms with Crippen LogP contribution >= 0.6 is 0 Å². The molecule has 7 heteroatoms. The van der Waals surface area contributed by atoms with Gasteiger partial charge in [-0.05, 0) is 50.4 Å². The average molecular weight is 529 g/mol. The van der Waals surface area contributed by atoms with Crippen LogP contribution in [-0.2, 0) is 28.2 Å². The van der Waals surface area contributed by atoms with E-state index in [2.05, 4.69) is 40.8 Å². The number of hydrogen-bond acceptors (Lipinski definition) is 6. The molecule has 0 radical (unpaired) electrons. The standard InChI is InChI=1S/C30H44O6Si/c1-21-14-15-25-30(6,35-28(33-25)23-12-10-9-11-13-23)18-16-24(36-37(7,8)29(3,4)5)20-26(32)34-27(21)22(2)17-19-31/h9-15,19,21,24-25,28H,16-18,20H2,1-8H3/t21-,24?,25-,28-,30+/m0/s1. The van der Waals surface area contributed by atoms with E-state index in [1.54, 1.807) is 0 Å². The van der Waals surface area contributed by atoms with Crippen LogP contribution in [0.5, 0.6) is 0 Å². The summed E-state index contributed by atoms with van der Waals surface area (Å²) in [6.07, 6.45) is 5.41. The van der Waals surface area contributed by atoms with E-state index in [4.69, 9.17) is 18.6 Å². The molecule has 1 fully saturated rings. The number of cyclic esters (lactones) is 1. The molecule has 1 unspecified atom stereocenters. The van der Waals surface area contributed by atoms with Crippen molar-refractivity contribution in [1.29, 1.82) is 0 Å². The maximum Gasteiger partial charge on any atom is 0.313 e. The van der Waals surface area contributed by atoms with E-state index in [-0.39, 0.29) is 42.0 Å². The molecule has 5 atom stereocenters. The smallest absolute Gasteiger partial charge is 0.313 e. The van der Waals surface area contributed by atoms with E-state index in [9.17, 15) is 9.59 Å². The number of aldehydes is 1. The Morgan fingerprint density at radius 3 is 2.49 bits per heavy atom. The lowest BCUT2D eigenvalue weighted by atomic mass is 9.90. The summed E-state index contributed by atoms with van der Waals surface area (Å²) < 4.78 is 25.7. The number of esters is 1. The maximum atomic E-state index is 13.2. The number of fused-ring (bicyclic) bond motifs is 1. The van der Waals surface area contributed by atoms with Gasteiger partial charge in [0.2, 0.25) is 0 Å². The average Bonchev–Trinajstić information content (AvgIpc) is 3.15. The molecule has 0 bridgehead atoms. The van der Waals surface area contributed by atoms with Gasteiger partial charge in [0, 0.05) is 17.9 Å². The molecular formula is C30H44O6Si. The van der Waals surface area contributed by atoms with Crippen LogP contribution in [0.4, 0.5) is 0 Å². The van der Waals surface area contributed by atoms with Gasteiger partial charge in [-0.2, -0.15) is 0 Å². The normalized spacial score (nSPS) is 31.1. The third kappa shape index (κ3) is 7.28. The topological polar surface area (TPSA) is 71.1 Å². The minimum Gasteiger partial charge on any atom is -0.430 e. The second-order valence-electron chi connectivity index (χ2n) is 12.1. The fourth-order valence-corrected chi connectivity index (χ4v) is 5.95. The van der Waals surface area contributed by atoms with Crippen LogP contribution in [0, 0.1) is 5.92 Å². The van der Waals surface area contributed by atoms with Crippen molar-refractivity contribution >= 4 is 20.6 Å². The summed E-state index contributed by atoms with van der Waals surface area (Å²) in [4.78, 5) is 24.4. The highest BCUT2D eigenvalue weighted by atomic mass is 28.4. The minimum atomic E-state index is -2.15. The van der Waals surface area contributed by atoms with Gasteiger partial charge in [-0.3, -0.25) is 4.79 Å².